The van der Waals surface area contributed by atoms with Crippen molar-refractivity contribution in [1.29, 1.82) is 0 Å². The van der Waals surface area contributed by atoms with Gasteiger partial charge in [-0.15, -0.1) is 0 Å². The second-order valence-corrected chi connectivity index (χ2v) is 13.1. The van der Waals surface area contributed by atoms with Gasteiger partial charge >= 0.3 is 0 Å². The van der Waals surface area contributed by atoms with E-state index in [1.54, 1.807) is 12.1 Å². The summed E-state index contributed by atoms with van der Waals surface area (Å²) in [5.41, 5.74) is 4.11. The van der Waals surface area contributed by atoms with Gasteiger partial charge in [-0.05, 0) is 99.7 Å². The van der Waals surface area contributed by atoms with Crippen LogP contribution >= 0.6 is 11.6 Å². The molecular weight excluding hydrogens is 544 g/mol. The first kappa shape index (κ1) is 27.5. The minimum absolute atomic E-state index is 0.0352. The molecule has 0 saturated carbocycles. The molecule has 0 aliphatic carbocycles. The number of benzene rings is 3. The Bertz CT molecular complexity index is 1580. The molecule has 1 aromatic heterocycles. The lowest BCUT2D eigenvalue weighted by Crippen LogP contribution is -2.49. The Hall–Kier alpha value is -3.35. The van der Waals surface area contributed by atoms with Crippen molar-refractivity contribution in [2.45, 2.75) is 75.4 Å². The third kappa shape index (κ3) is 4.88. The van der Waals surface area contributed by atoms with Gasteiger partial charge in [0.15, 0.2) is 0 Å². The fraction of sp³-hybridized carbons (Fsp3) is 0.429. The number of imidazole rings is 1. The van der Waals surface area contributed by atoms with Crippen molar-refractivity contribution in [3.8, 4) is 5.75 Å². The van der Waals surface area contributed by atoms with Crippen LogP contribution in [0.3, 0.4) is 0 Å². The Morgan fingerprint density at radius 2 is 1.64 bits per heavy atom. The molecule has 3 saturated heterocycles. The van der Waals surface area contributed by atoms with Crippen molar-refractivity contribution in [1.82, 2.24) is 19.4 Å². The zero-order valence-electron chi connectivity index (χ0n) is 24.3. The number of amides is 1. The number of rotatable bonds is 6. The molecule has 42 heavy (non-hydrogen) atoms. The van der Waals surface area contributed by atoms with Crippen molar-refractivity contribution in [3.63, 3.8) is 0 Å². The third-order valence-electron chi connectivity index (χ3n) is 10.4. The molecule has 7 rings (SSSR count). The van der Waals surface area contributed by atoms with Crippen LogP contribution in [0.15, 0.2) is 72.8 Å². The second kappa shape index (κ2) is 11.1. The fourth-order valence-corrected chi connectivity index (χ4v) is 8.43. The van der Waals surface area contributed by atoms with Gasteiger partial charge in [-0.25, -0.2) is 4.98 Å². The monoisotopic (exact) mass is 582 g/mol. The predicted molar refractivity (Wildman–Crippen MR) is 167 cm³/mol. The van der Waals surface area contributed by atoms with E-state index in [-0.39, 0.29) is 17.1 Å². The van der Waals surface area contributed by atoms with E-state index in [0.717, 1.165) is 37.1 Å². The first-order chi connectivity index (χ1) is 20.4. The van der Waals surface area contributed by atoms with Gasteiger partial charge in [-0.3, -0.25) is 9.69 Å². The highest BCUT2D eigenvalue weighted by molar-refractivity contribution is 6.30. The second-order valence-electron chi connectivity index (χ2n) is 12.6. The van der Waals surface area contributed by atoms with Gasteiger partial charge in [0.2, 0.25) is 0 Å². The lowest BCUT2D eigenvalue weighted by molar-refractivity contribution is 0.0604. The summed E-state index contributed by atoms with van der Waals surface area (Å²) in [5.74, 6) is 0.962. The first-order valence-electron chi connectivity index (χ1n) is 15.4. The number of phenols is 1. The minimum Gasteiger partial charge on any atom is -0.507 e. The topological polar surface area (TPSA) is 61.6 Å². The number of halogens is 1. The maximum absolute atomic E-state index is 13.3. The van der Waals surface area contributed by atoms with E-state index in [1.165, 1.54) is 42.8 Å². The molecule has 218 valence electrons. The van der Waals surface area contributed by atoms with Crippen LogP contribution < -0.4 is 0 Å². The fourth-order valence-electron chi connectivity index (χ4n) is 8.26. The normalized spacial score (nSPS) is 23.9. The van der Waals surface area contributed by atoms with E-state index >= 15 is 0 Å². The molecule has 6 nitrogen and oxygen atoms in total. The number of likely N-dealkylation sites (tertiary alicyclic amines) is 1. The summed E-state index contributed by atoms with van der Waals surface area (Å²) in [4.78, 5) is 22.9. The SMILES string of the molecule is Cc1nc2ccccc2n1C1CC2CCC(C1)N2CCC1(c2ccccc2)CCN(C(=O)c2ccc(Cl)cc2O)CC1. The lowest BCUT2D eigenvalue weighted by atomic mass is 9.70. The van der Waals surface area contributed by atoms with E-state index in [2.05, 4.69) is 71.0 Å². The van der Waals surface area contributed by atoms with Gasteiger partial charge in [-0.1, -0.05) is 54.1 Å². The number of carbonyl (C=O) groups is 1. The zero-order valence-corrected chi connectivity index (χ0v) is 25.0. The molecule has 1 N–H and O–H groups in total. The van der Waals surface area contributed by atoms with Gasteiger partial charge in [0.25, 0.3) is 5.91 Å². The van der Waals surface area contributed by atoms with Crippen molar-refractivity contribution >= 4 is 28.5 Å². The Morgan fingerprint density at radius 1 is 0.952 bits per heavy atom. The molecule has 1 amide bonds. The molecule has 4 heterocycles. The van der Waals surface area contributed by atoms with Crippen LogP contribution in [0, 0.1) is 6.92 Å². The lowest BCUT2D eigenvalue weighted by Gasteiger charge is -2.45. The van der Waals surface area contributed by atoms with E-state index < -0.39 is 0 Å². The minimum atomic E-state index is -0.117. The van der Waals surface area contributed by atoms with Crippen LogP contribution in [0.25, 0.3) is 11.0 Å². The third-order valence-corrected chi connectivity index (χ3v) is 10.7. The number of aryl methyl sites for hydroxylation is 1. The zero-order chi connectivity index (χ0) is 28.8. The molecule has 2 unspecified atom stereocenters. The van der Waals surface area contributed by atoms with Crippen LogP contribution in [0.4, 0.5) is 0 Å². The van der Waals surface area contributed by atoms with Crippen molar-refractivity contribution < 1.29 is 9.90 Å². The number of aromatic nitrogens is 2. The highest BCUT2D eigenvalue weighted by atomic mass is 35.5. The van der Waals surface area contributed by atoms with Crippen LogP contribution in [-0.2, 0) is 5.41 Å². The summed E-state index contributed by atoms with van der Waals surface area (Å²) in [7, 11) is 0. The van der Waals surface area contributed by atoms with E-state index in [9.17, 15) is 9.90 Å². The van der Waals surface area contributed by atoms with Crippen molar-refractivity contribution in [2.24, 2.45) is 0 Å². The number of nitrogens with zero attached hydrogens (tertiary/aromatic N) is 4. The Balaban J connectivity index is 1.06. The molecule has 3 aliphatic rings. The van der Waals surface area contributed by atoms with Crippen molar-refractivity contribution in [3.05, 3.63) is 94.8 Å². The molecule has 2 bridgehead atoms. The van der Waals surface area contributed by atoms with Gasteiger partial charge < -0.3 is 14.6 Å². The number of hydrogen-bond donors (Lipinski definition) is 1. The van der Waals surface area contributed by atoms with Gasteiger partial charge in [-0.2, -0.15) is 0 Å². The molecule has 7 heteroatoms. The average Bonchev–Trinajstić information content (AvgIpc) is 3.46. The Labute approximate surface area is 252 Å². The molecular formula is C35H39ClN4O2. The number of carbonyl (C=O) groups excluding carboxylic acids is 1. The molecule has 0 spiro atoms. The number of aromatic hydroxyl groups is 1. The number of fused-ring (bicyclic) bond motifs is 3. The molecule has 0 radical (unpaired) electrons. The van der Waals surface area contributed by atoms with E-state index in [0.29, 0.717) is 41.8 Å². The summed E-state index contributed by atoms with van der Waals surface area (Å²) in [6.07, 6.45) is 7.85. The quantitative estimate of drug-likeness (QED) is 0.262. The number of hydrogen-bond acceptors (Lipinski definition) is 4. The molecule has 3 aliphatic heterocycles. The van der Waals surface area contributed by atoms with E-state index in [4.69, 9.17) is 16.6 Å². The molecule has 3 aromatic carbocycles. The summed E-state index contributed by atoms with van der Waals surface area (Å²) < 4.78 is 2.51. The highest BCUT2D eigenvalue weighted by Crippen LogP contribution is 2.45. The largest absolute Gasteiger partial charge is 0.507 e. The van der Waals surface area contributed by atoms with Crippen LogP contribution in [0.1, 0.15) is 72.7 Å². The number of phenolic OH excluding ortho intramolecular Hbond substituents is 1. The van der Waals surface area contributed by atoms with Crippen LogP contribution in [0.2, 0.25) is 5.02 Å². The van der Waals surface area contributed by atoms with Gasteiger partial charge in [0, 0.05) is 36.2 Å². The summed E-state index contributed by atoms with van der Waals surface area (Å²) >= 11 is 6.01. The van der Waals surface area contributed by atoms with Crippen LogP contribution in [0.5, 0.6) is 5.75 Å². The Kier molecular flexibility index (Phi) is 7.23. The number of para-hydroxylation sites is 2. The van der Waals surface area contributed by atoms with Crippen molar-refractivity contribution in [2.75, 3.05) is 19.6 Å². The summed E-state index contributed by atoms with van der Waals surface area (Å²) in [6, 6.07) is 26.0. The molecule has 3 fully saturated rings. The summed E-state index contributed by atoms with van der Waals surface area (Å²) in [6.45, 7) is 4.60. The standard InChI is InChI=1S/C35H39ClN4O2/c1-24-37-31-9-5-6-10-32(31)40(24)29-22-27-12-13-28(23-29)39(27)20-17-35(25-7-3-2-4-8-25)15-18-38(19-16-35)34(42)30-14-11-26(36)21-33(30)41/h2-11,14,21,27-29,41H,12-13,15-20,22-23H2,1H3. The predicted octanol–water partition coefficient (Wildman–Crippen LogP) is 7.14. The smallest absolute Gasteiger partial charge is 0.257 e. The Morgan fingerprint density at radius 3 is 2.36 bits per heavy atom. The average molecular weight is 583 g/mol. The van der Waals surface area contributed by atoms with Crippen LogP contribution in [-0.4, -0.2) is 62.1 Å². The highest BCUT2D eigenvalue weighted by Gasteiger charge is 2.44. The van der Waals surface area contributed by atoms with Gasteiger partial charge in [0.05, 0.1) is 16.6 Å². The molecule has 2 atom stereocenters. The number of piperidine rings is 2. The summed E-state index contributed by atoms with van der Waals surface area (Å²) in [5, 5.41) is 10.8. The maximum atomic E-state index is 13.3. The maximum Gasteiger partial charge on any atom is 0.257 e. The van der Waals surface area contributed by atoms with Gasteiger partial charge in [0.1, 0.15) is 11.6 Å². The molecule has 4 aromatic rings. The first-order valence-corrected chi connectivity index (χ1v) is 15.8. The van der Waals surface area contributed by atoms with E-state index in [1.807, 2.05) is 4.90 Å².